The Kier molecular flexibility index (Phi) is 4.14. The number of aliphatic hydroxyl groups is 1. The van der Waals surface area contributed by atoms with Gasteiger partial charge in [-0.1, -0.05) is 0 Å². The van der Waals surface area contributed by atoms with Crippen LogP contribution in [0, 0.1) is 0 Å². The monoisotopic (exact) mass is 239 g/mol. The molecule has 0 spiro atoms. The molecular formula is C11H17N3O3. The Morgan fingerprint density at radius 3 is 2.76 bits per heavy atom. The lowest BCUT2D eigenvalue weighted by Gasteiger charge is -2.29. The zero-order chi connectivity index (χ0) is 13.1. The van der Waals surface area contributed by atoms with Crippen molar-refractivity contribution in [1.82, 2.24) is 15.3 Å². The molecule has 0 aliphatic carbocycles. The minimum atomic E-state index is -1.06. The van der Waals surface area contributed by atoms with Crippen LogP contribution in [0.1, 0.15) is 36.8 Å². The molecule has 1 aromatic rings. The molecule has 1 aromatic heterocycles. The molecule has 0 bridgehead atoms. The van der Waals surface area contributed by atoms with E-state index in [0.717, 1.165) is 0 Å². The number of carboxylic acids is 1. The molecule has 94 valence electrons. The maximum Gasteiger partial charge on any atom is 0.339 e. The van der Waals surface area contributed by atoms with Crippen LogP contribution in [0.4, 0.5) is 0 Å². The maximum absolute atomic E-state index is 10.9. The first kappa shape index (κ1) is 13.5. The molecule has 1 unspecified atom stereocenters. The van der Waals surface area contributed by atoms with E-state index in [1.54, 1.807) is 6.92 Å². The predicted molar refractivity (Wildman–Crippen MR) is 61.6 cm³/mol. The van der Waals surface area contributed by atoms with E-state index in [9.17, 15) is 9.90 Å². The number of nitrogens with zero attached hydrogens (tertiary/aromatic N) is 2. The third-order valence-electron chi connectivity index (χ3n) is 2.78. The minimum Gasteiger partial charge on any atom is -0.478 e. The fourth-order valence-electron chi connectivity index (χ4n) is 1.13. The second-order valence-electron chi connectivity index (χ2n) is 4.44. The Balaban J connectivity index is 2.79. The Morgan fingerprint density at radius 2 is 2.24 bits per heavy atom. The van der Waals surface area contributed by atoms with Gasteiger partial charge in [0.25, 0.3) is 0 Å². The number of nitrogens with one attached hydrogen (secondary N) is 1. The molecule has 17 heavy (non-hydrogen) atoms. The van der Waals surface area contributed by atoms with Gasteiger partial charge in [0, 0.05) is 18.3 Å². The molecule has 0 aliphatic heterocycles. The van der Waals surface area contributed by atoms with Crippen LogP contribution < -0.4 is 5.32 Å². The Bertz CT molecular complexity index is 405. The Morgan fingerprint density at radius 1 is 1.59 bits per heavy atom. The lowest BCUT2D eigenvalue weighted by atomic mass is 9.98. The second-order valence-corrected chi connectivity index (χ2v) is 4.44. The van der Waals surface area contributed by atoms with Crippen molar-refractivity contribution in [2.75, 3.05) is 0 Å². The first-order valence-electron chi connectivity index (χ1n) is 5.30. The highest BCUT2D eigenvalue weighted by molar-refractivity contribution is 5.88. The van der Waals surface area contributed by atoms with Gasteiger partial charge in [-0.3, -0.25) is 0 Å². The molecule has 6 heteroatoms. The molecule has 3 N–H and O–H groups in total. The van der Waals surface area contributed by atoms with Gasteiger partial charge in [0.2, 0.25) is 0 Å². The van der Waals surface area contributed by atoms with Crippen molar-refractivity contribution in [1.29, 1.82) is 0 Å². The summed E-state index contributed by atoms with van der Waals surface area (Å²) in [5, 5.41) is 21.5. The van der Waals surface area contributed by atoms with Crippen molar-refractivity contribution in [2.24, 2.45) is 0 Å². The van der Waals surface area contributed by atoms with Crippen molar-refractivity contribution < 1.29 is 15.0 Å². The summed E-state index contributed by atoms with van der Waals surface area (Å²) in [5.74, 6) is -1.06. The van der Waals surface area contributed by atoms with Crippen molar-refractivity contribution in [3.05, 3.63) is 23.8 Å². The van der Waals surface area contributed by atoms with Crippen LogP contribution in [0.5, 0.6) is 0 Å². The number of carboxylic acid groups (broad SMARTS) is 1. The summed E-state index contributed by atoms with van der Waals surface area (Å²) >= 11 is 0. The van der Waals surface area contributed by atoms with Gasteiger partial charge in [0.1, 0.15) is 11.9 Å². The van der Waals surface area contributed by atoms with Crippen LogP contribution in [0.25, 0.3) is 0 Å². The van der Waals surface area contributed by atoms with E-state index in [4.69, 9.17) is 5.11 Å². The number of hydrogen-bond donors (Lipinski definition) is 3. The summed E-state index contributed by atoms with van der Waals surface area (Å²) in [5.41, 5.74) is -0.0385. The first-order chi connectivity index (χ1) is 7.84. The normalized spacial score (nSPS) is 13.4. The standard InChI is InChI=1S/C11H17N3O3/c1-7(15)11(2,3)14-5-9-8(10(16)17)4-12-6-13-9/h4,6-7,14-15H,5H2,1-3H3,(H,16,17). The number of hydrogen-bond acceptors (Lipinski definition) is 5. The van der Waals surface area contributed by atoms with E-state index < -0.39 is 17.6 Å². The second kappa shape index (κ2) is 5.20. The minimum absolute atomic E-state index is 0.0707. The first-order valence-corrected chi connectivity index (χ1v) is 5.30. The number of aromatic carboxylic acids is 1. The third-order valence-corrected chi connectivity index (χ3v) is 2.78. The van der Waals surface area contributed by atoms with Gasteiger partial charge in [-0.2, -0.15) is 0 Å². The summed E-state index contributed by atoms with van der Waals surface area (Å²) in [4.78, 5) is 18.5. The molecule has 0 saturated carbocycles. The zero-order valence-electron chi connectivity index (χ0n) is 10.1. The van der Waals surface area contributed by atoms with Gasteiger partial charge in [-0.25, -0.2) is 14.8 Å². The van der Waals surface area contributed by atoms with Gasteiger partial charge in [-0.05, 0) is 20.8 Å². The van der Waals surface area contributed by atoms with E-state index in [1.165, 1.54) is 12.5 Å². The lowest BCUT2D eigenvalue weighted by molar-refractivity contribution is 0.0693. The van der Waals surface area contributed by atoms with Gasteiger partial charge < -0.3 is 15.5 Å². The molecule has 0 fully saturated rings. The lowest BCUT2D eigenvalue weighted by Crippen LogP contribution is -2.48. The highest BCUT2D eigenvalue weighted by Gasteiger charge is 2.24. The molecule has 0 aliphatic rings. The molecule has 0 aromatic carbocycles. The summed E-state index contributed by atoms with van der Waals surface area (Å²) in [6.45, 7) is 5.60. The van der Waals surface area contributed by atoms with Gasteiger partial charge in [0.05, 0.1) is 11.8 Å². The van der Waals surface area contributed by atoms with Crippen molar-refractivity contribution >= 4 is 5.97 Å². The fourth-order valence-corrected chi connectivity index (χ4v) is 1.13. The van der Waals surface area contributed by atoms with Crippen LogP contribution in [0.2, 0.25) is 0 Å². The van der Waals surface area contributed by atoms with E-state index in [1.807, 2.05) is 13.8 Å². The largest absolute Gasteiger partial charge is 0.478 e. The van der Waals surface area contributed by atoms with Crippen molar-refractivity contribution in [2.45, 2.75) is 39.0 Å². The summed E-state index contributed by atoms with van der Waals surface area (Å²) in [7, 11) is 0. The van der Waals surface area contributed by atoms with E-state index >= 15 is 0 Å². The summed E-state index contributed by atoms with van der Waals surface area (Å²) < 4.78 is 0. The molecule has 1 atom stereocenters. The Labute approximate surface area is 99.7 Å². The predicted octanol–water partition coefficient (Wildman–Crippen LogP) is 0.424. The van der Waals surface area contributed by atoms with Gasteiger partial charge >= 0.3 is 5.97 Å². The average Bonchev–Trinajstić information content (AvgIpc) is 2.26. The van der Waals surface area contributed by atoms with Crippen LogP contribution in [0.3, 0.4) is 0 Å². The zero-order valence-corrected chi connectivity index (χ0v) is 10.1. The molecular weight excluding hydrogens is 222 g/mol. The number of carbonyl (C=O) groups is 1. The van der Waals surface area contributed by atoms with Gasteiger partial charge in [0.15, 0.2) is 0 Å². The Hall–Kier alpha value is -1.53. The molecule has 1 rings (SSSR count). The molecule has 0 amide bonds. The SMILES string of the molecule is CC(O)C(C)(C)NCc1ncncc1C(=O)O. The summed E-state index contributed by atoms with van der Waals surface area (Å²) in [6, 6.07) is 0. The van der Waals surface area contributed by atoms with Crippen LogP contribution in [-0.4, -0.2) is 37.8 Å². The molecule has 1 heterocycles. The van der Waals surface area contributed by atoms with Gasteiger partial charge in [-0.15, -0.1) is 0 Å². The molecule has 0 saturated heterocycles. The van der Waals surface area contributed by atoms with Crippen molar-refractivity contribution in [3.8, 4) is 0 Å². The quantitative estimate of drug-likeness (QED) is 0.689. The number of aliphatic hydroxyl groups excluding tert-OH is 1. The van der Waals surface area contributed by atoms with Crippen LogP contribution in [-0.2, 0) is 6.54 Å². The van der Waals surface area contributed by atoms with E-state index in [0.29, 0.717) is 5.69 Å². The molecule has 6 nitrogen and oxygen atoms in total. The van der Waals surface area contributed by atoms with E-state index in [-0.39, 0.29) is 12.1 Å². The van der Waals surface area contributed by atoms with Crippen LogP contribution in [0.15, 0.2) is 12.5 Å². The topological polar surface area (TPSA) is 95.3 Å². The summed E-state index contributed by atoms with van der Waals surface area (Å²) in [6.07, 6.45) is 2.01. The number of aromatic nitrogens is 2. The molecule has 0 radical (unpaired) electrons. The highest BCUT2D eigenvalue weighted by atomic mass is 16.4. The smallest absolute Gasteiger partial charge is 0.339 e. The average molecular weight is 239 g/mol. The fraction of sp³-hybridized carbons (Fsp3) is 0.545. The highest BCUT2D eigenvalue weighted by Crippen LogP contribution is 2.11. The van der Waals surface area contributed by atoms with Crippen LogP contribution >= 0.6 is 0 Å². The van der Waals surface area contributed by atoms with E-state index in [2.05, 4.69) is 15.3 Å². The third kappa shape index (κ3) is 3.47. The number of rotatable bonds is 5. The van der Waals surface area contributed by atoms with Crippen molar-refractivity contribution in [3.63, 3.8) is 0 Å². The maximum atomic E-state index is 10.9.